The van der Waals surface area contributed by atoms with Crippen LogP contribution in [0.5, 0.6) is 5.75 Å². The third-order valence-corrected chi connectivity index (χ3v) is 2.02. The Morgan fingerprint density at radius 3 is 2.80 bits per heavy atom. The average Bonchev–Trinajstić information content (AvgIpc) is 2.11. The summed E-state index contributed by atoms with van der Waals surface area (Å²) in [6, 6.07) is 3.13. The van der Waals surface area contributed by atoms with E-state index in [4.69, 9.17) is 9.47 Å². The van der Waals surface area contributed by atoms with E-state index in [1.54, 1.807) is 0 Å². The molecule has 0 N–H and O–H groups in total. The zero-order valence-corrected chi connectivity index (χ0v) is 7.68. The van der Waals surface area contributed by atoms with Gasteiger partial charge in [-0.1, -0.05) is 0 Å². The molecule has 1 aliphatic rings. The van der Waals surface area contributed by atoms with Gasteiger partial charge in [-0.25, -0.2) is 4.39 Å². The Kier molecular flexibility index (Phi) is 2.51. The monoisotopic (exact) mass is 213 g/mol. The number of hydrogen-bond acceptors (Lipinski definition) is 4. The van der Waals surface area contributed by atoms with Crippen molar-refractivity contribution in [3.05, 3.63) is 34.1 Å². The molecule has 0 bridgehead atoms. The standard InChI is InChI=1S/C9H8FNO4/c10-6-1-2-8(11(12)13)9(3-6)15-7-4-14-5-7/h1-3,7H,4-5H2. The summed E-state index contributed by atoms with van der Waals surface area (Å²) < 4.78 is 22.9. The average molecular weight is 213 g/mol. The summed E-state index contributed by atoms with van der Waals surface area (Å²) in [5.41, 5.74) is -0.233. The van der Waals surface area contributed by atoms with Gasteiger partial charge < -0.3 is 9.47 Å². The lowest BCUT2D eigenvalue weighted by Gasteiger charge is -2.26. The first-order valence-corrected chi connectivity index (χ1v) is 4.35. The van der Waals surface area contributed by atoms with Gasteiger partial charge in [0.1, 0.15) is 11.9 Å². The smallest absolute Gasteiger partial charge is 0.311 e. The molecule has 1 aliphatic heterocycles. The highest BCUT2D eigenvalue weighted by Crippen LogP contribution is 2.29. The molecular formula is C9H8FNO4. The predicted octanol–water partition coefficient (Wildman–Crippen LogP) is 1.51. The molecule has 1 fully saturated rings. The second-order valence-electron chi connectivity index (χ2n) is 3.15. The number of ether oxygens (including phenoxy) is 2. The Hall–Kier alpha value is -1.69. The van der Waals surface area contributed by atoms with Gasteiger partial charge >= 0.3 is 5.69 Å². The zero-order valence-electron chi connectivity index (χ0n) is 7.68. The van der Waals surface area contributed by atoms with Gasteiger partial charge in [0.25, 0.3) is 0 Å². The van der Waals surface area contributed by atoms with Gasteiger partial charge in [-0.2, -0.15) is 0 Å². The minimum Gasteiger partial charge on any atom is -0.478 e. The van der Waals surface area contributed by atoms with Crippen molar-refractivity contribution in [2.45, 2.75) is 6.10 Å². The number of nitrogens with zero attached hydrogens (tertiary/aromatic N) is 1. The fourth-order valence-electron chi connectivity index (χ4n) is 1.19. The van der Waals surface area contributed by atoms with Crippen molar-refractivity contribution in [2.24, 2.45) is 0 Å². The van der Waals surface area contributed by atoms with Gasteiger partial charge in [0.2, 0.25) is 0 Å². The molecule has 6 heteroatoms. The van der Waals surface area contributed by atoms with Crippen LogP contribution < -0.4 is 4.74 Å². The second kappa shape index (κ2) is 3.82. The maximum atomic E-state index is 12.8. The molecule has 0 spiro atoms. The minimum atomic E-state index is -0.603. The van der Waals surface area contributed by atoms with E-state index in [9.17, 15) is 14.5 Å². The van der Waals surface area contributed by atoms with Crippen LogP contribution in [0.3, 0.4) is 0 Å². The van der Waals surface area contributed by atoms with E-state index >= 15 is 0 Å². The summed E-state index contributed by atoms with van der Waals surface area (Å²) in [4.78, 5) is 9.99. The highest BCUT2D eigenvalue weighted by Gasteiger charge is 2.24. The highest BCUT2D eigenvalue weighted by atomic mass is 19.1. The molecule has 2 rings (SSSR count). The fourth-order valence-corrected chi connectivity index (χ4v) is 1.19. The van der Waals surface area contributed by atoms with Crippen LogP contribution >= 0.6 is 0 Å². The van der Waals surface area contributed by atoms with Crippen LogP contribution in [-0.4, -0.2) is 24.2 Å². The molecule has 0 saturated carbocycles. The first-order valence-electron chi connectivity index (χ1n) is 4.35. The molecule has 0 aliphatic carbocycles. The fraction of sp³-hybridized carbons (Fsp3) is 0.333. The summed E-state index contributed by atoms with van der Waals surface area (Å²) in [7, 11) is 0. The molecule has 5 nitrogen and oxygen atoms in total. The summed E-state index contributed by atoms with van der Waals surface area (Å²) in [5, 5.41) is 10.6. The number of benzene rings is 1. The van der Waals surface area contributed by atoms with Crippen LogP contribution in [0.2, 0.25) is 0 Å². The van der Waals surface area contributed by atoms with Gasteiger partial charge in [0, 0.05) is 12.1 Å². The van der Waals surface area contributed by atoms with E-state index in [1.165, 1.54) is 0 Å². The molecule has 0 atom stereocenters. The lowest BCUT2D eigenvalue weighted by atomic mass is 10.2. The van der Waals surface area contributed by atoms with Crippen LogP contribution in [-0.2, 0) is 4.74 Å². The lowest BCUT2D eigenvalue weighted by molar-refractivity contribution is -0.386. The number of nitro benzene ring substituents is 1. The van der Waals surface area contributed by atoms with Gasteiger partial charge in [-0.15, -0.1) is 0 Å². The van der Waals surface area contributed by atoms with Gasteiger partial charge in [-0.05, 0) is 6.07 Å². The van der Waals surface area contributed by atoms with Crippen LogP contribution in [0.25, 0.3) is 0 Å². The quantitative estimate of drug-likeness (QED) is 0.564. The molecule has 15 heavy (non-hydrogen) atoms. The van der Waals surface area contributed by atoms with E-state index in [0.717, 1.165) is 18.2 Å². The van der Waals surface area contributed by atoms with Crippen molar-refractivity contribution >= 4 is 5.69 Å². The van der Waals surface area contributed by atoms with E-state index in [-0.39, 0.29) is 17.5 Å². The molecule has 0 amide bonds. The van der Waals surface area contributed by atoms with E-state index in [0.29, 0.717) is 13.2 Å². The summed E-state index contributed by atoms with van der Waals surface area (Å²) in [6.45, 7) is 0.765. The first kappa shape index (κ1) is 9.85. The van der Waals surface area contributed by atoms with Crippen molar-refractivity contribution in [3.8, 4) is 5.75 Å². The summed E-state index contributed by atoms with van der Waals surface area (Å²) in [6.07, 6.45) is -0.217. The Bertz CT molecular complexity index is 392. The molecule has 1 aromatic carbocycles. The molecule has 80 valence electrons. The third-order valence-electron chi connectivity index (χ3n) is 2.02. The van der Waals surface area contributed by atoms with Crippen molar-refractivity contribution in [1.29, 1.82) is 0 Å². The SMILES string of the molecule is O=[N+]([O-])c1ccc(F)cc1OC1COC1. The number of nitro groups is 1. The van der Waals surface area contributed by atoms with E-state index in [1.807, 2.05) is 0 Å². The Labute approximate surface area is 84.6 Å². The van der Waals surface area contributed by atoms with Gasteiger partial charge in [-0.3, -0.25) is 10.1 Å². The van der Waals surface area contributed by atoms with E-state index in [2.05, 4.69) is 0 Å². The largest absolute Gasteiger partial charge is 0.478 e. The molecule has 1 aromatic rings. The first-order chi connectivity index (χ1) is 7.16. The van der Waals surface area contributed by atoms with Crippen LogP contribution in [0, 0.1) is 15.9 Å². The van der Waals surface area contributed by atoms with Crippen LogP contribution in [0.1, 0.15) is 0 Å². The van der Waals surface area contributed by atoms with E-state index < -0.39 is 10.7 Å². The Balaban J connectivity index is 2.24. The maximum Gasteiger partial charge on any atom is 0.311 e. The number of halogens is 1. The summed E-state index contributed by atoms with van der Waals surface area (Å²) >= 11 is 0. The highest BCUT2D eigenvalue weighted by molar-refractivity contribution is 5.46. The van der Waals surface area contributed by atoms with Gasteiger partial charge in [0.15, 0.2) is 5.75 Å². The lowest BCUT2D eigenvalue weighted by Crippen LogP contribution is -2.38. The zero-order chi connectivity index (χ0) is 10.8. The molecule has 0 aromatic heterocycles. The van der Waals surface area contributed by atoms with Crippen LogP contribution in [0.4, 0.5) is 10.1 Å². The predicted molar refractivity (Wildman–Crippen MR) is 48.3 cm³/mol. The molecule has 1 saturated heterocycles. The maximum absolute atomic E-state index is 12.8. The van der Waals surface area contributed by atoms with Crippen LogP contribution in [0.15, 0.2) is 18.2 Å². The van der Waals surface area contributed by atoms with Crippen molar-refractivity contribution in [1.82, 2.24) is 0 Å². The molecular weight excluding hydrogens is 205 g/mol. The molecule has 0 unspecified atom stereocenters. The minimum absolute atomic E-state index is 0.0479. The third kappa shape index (κ3) is 2.04. The van der Waals surface area contributed by atoms with Crippen molar-refractivity contribution in [3.63, 3.8) is 0 Å². The topological polar surface area (TPSA) is 61.6 Å². The number of hydrogen-bond donors (Lipinski definition) is 0. The second-order valence-corrected chi connectivity index (χ2v) is 3.15. The number of rotatable bonds is 3. The molecule has 1 heterocycles. The van der Waals surface area contributed by atoms with Gasteiger partial charge in [0.05, 0.1) is 18.1 Å². The Morgan fingerprint density at radius 1 is 1.53 bits per heavy atom. The Morgan fingerprint density at radius 2 is 2.27 bits per heavy atom. The van der Waals surface area contributed by atoms with Crippen molar-refractivity contribution in [2.75, 3.05) is 13.2 Å². The summed E-state index contributed by atoms with van der Waals surface area (Å²) in [5.74, 6) is -0.607. The molecule has 0 radical (unpaired) electrons. The van der Waals surface area contributed by atoms with Crippen molar-refractivity contribution < 1.29 is 18.8 Å². The normalized spacial score (nSPS) is 15.8.